The van der Waals surface area contributed by atoms with Gasteiger partial charge in [0.05, 0.1) is 11.5 Å². The van der Waals surface area contributed by atoms with E-state index in [1.165, 1.54) is 0 Å². The standard InChI is InChI=1S/C5H8N2O3S/c6-4-2-11(10)1-3(7-4)5(8)9/h3H,1-2H2,(H2,6,7)(H,8,9)/t3-,11?/m0/s1. The Morgan fingerprint density at radius 1 is 1.82 bits per heavy atom. The third-order valence-corrected chi connectivity index (χ3v) is 2.56. The lowest BCUT2D eigenvalue weighted by Crippen LogP contribution is -2.37. The summed E-state index contributed by atoms with van der Waals surface area (Å²) in [6, 6.07) is -0.912. The van der Waals surface area contributed by atoms with Gasteiger partial charge in [-0.05, 0) is 0 Å². The van der Waals surface area contributed by atoms with E-state index in [-0.39, 0.29) is 17.3 Å². The smallest absolute Gasteiger partial charge is 0.329 e. The lowest BCUT2D eigenvalue weighted by atomic mass is 10.3. The first kappa shape index (κ1) is 8.19. The number of rotatable bonds is 1. The average molecular weight is 176 g/mol. The van der Waals surface area contributed by atoms with E-state index < -0.39 is 22.8 Å². The van der Waals surface area contributed by atoms with Crippen molar-refractivity contribution in [1.29, 1.82) is 0 Å². The Morgan fingerprint density at radius 2 is 2.45 bits per heavy atom. The summed E-state index contributed by atoms with van der Waals surface area (Å²) >= 11 is 0. The first-order chi connectivity index (χ1) is 5.09. The Kier molecular flexibility index (Phi) is 2.23. The largest absolute Gasteiger partial charge is 0.480 e. The van der Waals surface area contributed by atoms with Crippen LogP contribution in [0.4, 0.5) is 0 Å². The first-order valence-corrected chi connectivity index (χ1v) is 4.48. The van der Waals surface area contributed by atoms with Crippen LogP contribution in [0.3, 0.4) is 0 Å². The van der Waals surface area contributed by atoms with Gasteiger partial charge in [-0.1, -0.05) is 0 Å². The van der Waals surface area contributed by atoms with E-state index in [1.807, 2.05) is 0 Å². The summed E-state index contributed by atoms with van der Waals surface area (Å²) in [6.45, 7) is 0. The average Bonchev–Trinajstić information content (AvgIpc) is 1.85. The maximum Gasteiger partial charge on any atom is 0.329 e. The van der Waals surface area contributed by atoms with Crippen molar-refractivity contribution in [2.24, 2.45) is 10.7 Å². The molecule has 1 unspecified atom stereocenters. The number of nitrogens with two attached hydrogens (primary N) is 1. The molecule has 0 bridgehead atoms. The van der Waals surface area contributed by atoms with Gasteiger partial charge in [-0.15, -0.1) is 0 Å². The van der Waals surface area contributed by atoms with E-state index in [0.717, 1.165) is 0 Å². The number of nitrogens with zero attached hydrogens (tertiary/aromatic N) is 1. The molecule has 0 aromatic heterocycles. The number of aliphatic imine (C=N–C) groups is 1. The second-order valence-corrected chi connectivity index (χ2v) is 3.73. The number of aliphatic carboxylic acids is 1. The van der Waals surface area contributed by atoms with E-state index in [9.17, 15) is 9.00 Å². The molecule has 0 amide bonds. The molecule has 0 saturated heterocycles. The van der Waals surface area contributed by atoms with Gasteiger partial charge in [-0.25, -0.2) is 4.79 Å². The molecule has 5 nitrogen and oxygen atoms in total. The molecule has 0 aromatic rings. The number of carbonyl (C=O) groups is 1. The van der Waals surface area contributed by atoms with E-state index >= 15 is 0 Å². The normalized spacial score (nSPS) is 31.1. The molecule has 0 aromatic carbocycles. The molecular formula is C5H8N2O3S. The van der Waals surface area contributed by atoms with Gasteiger partial charge in [0.2, 0.25) is 0 Å². The molecule has 0 fully saturated rings. The van der Waals surface area contributed by atoms with Crippen molar-refractivity contribution in [3.63, 3.8) is 0 Å². The van der Waals surface area contributed by atoms with Crippen LogP contribution in [0.5, 0.6) is 0 Å². The summed E-state index contributed by atoms with van der Waals surface area (Å²) in [6.07, 6.45) is 0. The monoisotopic (exact) mass is 176 g/mol. The van der Waals surface area contributed by atoms with Crippen LogP contribution in [0.25, 0.3) is 0 Å². The van der Waals surface area contributed by atoms with Crippen molar-refractivity contribution in [3.05, 3.63) is 0 Å². The number of carboxylic acids is 1. The van der Waals surface area contributed by atoms with Crippen molar-refractivity contribution in [3.8, 4) is 0 Å². The third kappa shape index (κ3) is 2.01. The van der Waals surface area contributed by atoms with Crippen LogP contribution in [0.1, 0.15) is 0 Å². The van der Waals surface area contributed by atoms with Crippen LogP contribution in [0.15, 0.2) is 4.99 Å². The van der Waals surface area contributed by atoms with Crippen molar-refractivity contribution >= 4 is 22.6 Å². The molecule has 1 aliphatic heterocycles. The predicted molar refractivity (Wildman–Crippen MR) is 40.9 cm³/mol. The molecule has 1 heterocycles. The Labute approximate surface area is 65.8 Å². The topological polar surface area (TPSA) is 92.8 Å². The van der Waals surface area contributed by atoms with Crippen LogP contribution in [0, 0.1) is 0 Å². The molecule has 11 heavy (non-hydrogen) atoms. The Hall–Kier alpha value is -0.910. The quantitative estimate of drug-likeness (QED) is 0.511. The van der Waals surface area contributed by atoms with Crippen LogP contribution >= 0.6 is 0 Å². The fraction of sp³-hybridized carbons (Fsp3) is 0.600. The number of carboxylic acid groups (broad SMARTS) is 1. The minimum Gasteiger partial charge on any atom is -0.480 e. The molecule has 3 N–H and O–H groups in total. The summed E-state index contributed by atoms with van der Waals surface area (Å²) in [4.78, 5) is 14.0. The Balaban J connectivity index is 2.77. The summed E-state index contributed by atoms with van der Waals surface area (Å²) in [5.74, 6) is -0.622. The molecule has 2 atom stereocenters. The van der Waals surface area contributed by atoms with Crippen LogP contribution < -0.4 is 5.73 Å². The highest BCUT2D eigenvalue weighted by Crippen LogP contribution is 2.02. The van der Waals surface area contributed by atoms with Gasteiger partial charge in [0.15, 0.2) is 6.04 Å². The molecule has 0 spiro atoms. The highest BCUT2D eigenvalue weighted by molar-refractivity contribution is 7.85. The van der Waals surface area contributed by atoms with Crippen molar-refractivity contribution < 1.29 is 14.1 Å². The maximum absolute atomic E-state index is 10.9. The van der Waals surface area contributed by atoms with Gasteiger partial charge in [-0.2, -0.15) is 0 Å². The lowest BCUT2D eigenvalue weighted by molar-refractivity contribution is -0.137. The van der Waals surface area contributed by atoms with Crippen molar-refractivity contribution in [2.75, 3.05) is 11.5 Å². The highest BCUT2D eigenvalue weighted by Gasteiger charge is 2.24. The number of hydrogen-bond acceptors (Lipinski definition) is 4. The SMILES string of the molecule is NC1=N[C@H](C(=O)O)CS(=O)C1. The van der Waals surface area contributed by atoms with Gasteiger partial charge in [0.1, 0.15) is 5.84 Å². The first-order valence-electron chi connectivity index (χ1n) is 2.99. The van der Waals surface area contributed by atoms with Crippen LogP contribution in [-0.4, -0.2) is 38.7 Å². The summed E-state index contributed by atoms with van der Waals surface area (Å²) in [7, 11) is -1.16. The van der Waals surface area contributed by atoms with E-state index in [2.05, 4.69) is 4.99 Å². The zero-order chi connectivity index (χ0) is 8.43. The third-order valence-electron chi connectivity index (χ3n) is 1.26. The molecule has 0 saturated carbocycles. The van der Waals surface area contributed by atoms with Crippen molar-refractivity contribution in [1.82, 2.24) is 0 Å². The van der Waals surface area contributed by atoms with Gasteiger partial charge >= 0.3 is 5.97 Å². The predicted octanol–water partition coefficient (Wildman–Crippen LogP) is -1.44. The fourth-order valence-corrected chi connectivity index (χ4v) is 1.89. The Bertz CT molecular complexity index is 238. The molecular weight excluding hydrogens is 168 g/mol. The van der Waals surface area contributed by atoms with Crippen LogP contribution in [-0.2, 0) is 15.6 Å². The molecule has 0 aliphatic carbocycles. The minimum atomic E-state index is -1.16. The summed E-state index contributed by atoms with van der Waals surface area (Å²) in [5, 5.41) is 8.48. The number of hydrogen-bond donors (Lipinski definition) is 2. The minimum absolute atomic E-state index is 0.0794. The van der Waals surface area contributed by atoms with Gasteiger partial charge in [0, 0.05) is 10.8 Å². The van der Waals surface area contributed by atoms with Crippen LogP contribution in [0.2, 0.25) is 0 Å². The lowest BCUT2D eigenvalue weighted by Gasteiger charge is -2.13. The van der Waals surface area contributed by atoms with Gasteiger partial charge in [0.25, 0.3) is 0 Å². The second-order valence-electron chi connectivity index (χ2n) is 2.23. The zero-order valence-electron chi connectivity index (χ0n) is 5.69. The van der Waals surface area contributed by atoms with E-state index in [0.29, 0.717) is 0 Å². The van der Waals surface area contributed by atoms with E-state index in [1.54, 1.807) is 0 Å². The summed E-state index contributed by atoms with van der Waals surface area (Å²) in [5.41, 5.74) is 5.25. The highest BCUT2D eigenvalue weighted by atomic mass is 32.2. The maximum atomic E-state index is 10.9. The molecule has 1 rings (SSSR count). The van der Waals surface area contributed by atoms with Gasteiger partial charge < -0.3 is 10.8 Å². The molecule has 6 heteroatoms. The zero-order valence-corrected chi connectivity index (χ0v) is 6.50. The van der Waals surface area contributed by atoms with Crippen molar-refractivity contribution in [2.45, 2.75) is 6.04 Å². The Morgan fingerprint density at radius 3 is 2.91 bits per heavy atom. The molecule has 0 radical (unpaired) electrons. The second kappa shape index (κ2) is 3.00. The summed E-state index contributed by atoms with van der Waals surface area (Å²) < 4.78 is 10.9. The van der Waals surface area contributed by atoms with E-state index in [4.69, 9.17) is 10.8 Å². The molecule has 62 valence electrons. The molecule has 1 aliphatic rings. The fourth-order valence-electron chi connectivity index (χ4n) is 0.801. The van der Waals surface area contributed by atoms with Gasteiger partial charge in [-0.3, -0.25) is 9.20 Å². The number of amidine groups is 1.